The quantitative estimate of drug-likeness (QED) is 0.167. The van der Waals surface area contributed by atoms with Crippen LogP contribution in [0.4, 0.5) is 0 Å². The molecular weight excluding hydrogens is 748 g/mol. The molecule has 13 atom stereocenters. The third-order valence-corrected chi connectivity index (χ3v) is 12.8. The maximum Gasteiger partial charge on any atom is 0.338 e. The molecule has 0 amide bonds. The van der Waals surface area contributed by atoms with E-state index in [2.05, 4.69) is 6.58 Å². The molecule has 0 aromatic heterocycles. The normalized spacial score (nSPS) is 37.0. The Kier molecular flexibility index (Phi) is 10.4. The summed E-state index contributed by atoms with van der Waals surface area (Å²) in [4.78, 5) is 68.4. The van der Waals surface area contributed by atoms with Crippen molar-refractivity contribution in [2.75, 3.05) is 0 Å². The maximum absolute atomic E-state index is 14.2. The number of carbonyl (C=O) groups is 5. The standard InChI is InChI=1S/C45H48O13/c1-24(2)43(51)35(55-38(48)29-17-11-8-12-18-29)26(4)44(52)32-23-25(3)34(53-27(5)46)45(32)41(57-40(50)31-21-15-10-16-22-31)42(7,58-45)36(33(44)37(43)54-28(6)47)56-39(49)30-19-13-9-14-20-30/h8-22,25-26,32-37,41,51-52H,1,23H2,2-7H3. The van der Waals surface area contributed by atoms with Crippen LogP contribution in [0.5, 0.6) is 0 Å². The highest BCUT2D eigenvalue weighted by Crippen LogP contribution is 2.71. The van der Waals surface area contributed by atoms with Gasteiger partial charge in [-0.15, -0.1) is 0 Å². The Labute approximate surface area is 336 Å². The van der Waals surface area contributed by atoms with E-state index >= 15 is 0 Å². The zero-order valence-electron chi connectivity index (χ0n) is 33.2. The van der Waals surface area contributed by atoms with Gasteiger partial charge < -0.3 is 38.6 Å². The SMILES string of the molecule is C=C(C)C1(O)C(OC(=O)c2ccccc2)C(C)C2(O)C(C(OC(=O)c3ccccc3)C3(C)OC4(C(OC(C)=O)C(C)CC24)C3OC(=O)c2ccccc2)C1OC(C)=O. The molecule has 13 heteroatoms. The number of ether oxygens (including phenoxy) is 6. The number of fused-ring (bicyclic) bond motifs is 3. The number of benzene rings is 3. The second-order valence-corrected chi connectivity index (χ2v) is 16.3. The van der Waals surface area contributed by atoms with Crippen molar-refractivity contribution in [1.82, 2.24) is 0 Å². The Morgan fingerprint density at radius 3 is 1.52 bits per heavy atom. The smallest absolute Gasteiger partial charge is 0.338 e. The Hall–Kier alpha value is -5.37. The van der Waals surface area contributed by atoms with Gasteiger partial charge in [0, 0.05) is 25.7 Å². The molecule has 1 saturated heterocycles. The molecule has 1 heterocycles. The summed E-state index contributed by atoms with van der Waals surface area (Å²) in [5.41, 5.74) is -7.89. The molecule has 0 radical (unpaired) electrons. The van der Waals surface area contributed by atoms with Crippen LogP contribution in [0.15, 0.2) is 103 Å². The third kappa shape index (κ3) is 6.13. The molecule has 3 aliphatic carbocycles. The van der Waals surface area contributed by atoms with E-state index in [-0.39, 0.29) is 28.7 Å². The van der Waals surface area contributed by atoms with Gasteiger partial charge in [0.15, 0.2) is 17.3 Å². The minimum Gasteiger partial charge on any atom is -0.459 e. The number of carbonyl (C=O) groups excluding carboxylic acids is 5. The van der Waals surface area contributed by atoms with E-state index in [1.807, 2.05) is 0 Å². The number of esters is 5. The Morgan fingerprint density at radius 1 is 0.638 bits per heavy atom. The molecule has 2 N–H and O–H groups in total. The lowest BCUT2D eigenvalue weighted by atomic mass is 9.52. The van der Waals surface area contributed by atoms with E-state index in [9.17, 15) is 34.2 Å². The van der Waals surface area contributed by atoms with E-state index in [1.165, 1.54) is 45.0 Å². The van der Waals surface area contributed by atoms with Crippen LogP contribution in [-0.2, 0) is 38.0 Å². The summed E-state index contributed by atoms with van der Waals surface area (Å²) >= 11 is 0. The fourth-order valence-electron chi connectivity index (χ4n) is 10.4. The molecule has 3 aromatic carbocycles. The average molecular weight is 797 g/mol. The van der Waals surface area contributed by atoms with Crippen molar-refractivity contribution in [3.05, 3.63) is 120 Å². The highest BCUT2D eigenvalue weighted by atomic mass is 16.7. The van der Waals surface area contributed by atoms with Crippen molar-refractivity contribution in [2.24, 2.45) is 23.7 Å². The van der Waals surface area contributed by atoms with Gasteiger partial charge in [-0.05, 0) is 68.2 Å². The van der Waals surface area contributed by atoms with E-state index < -0.39 is 106 Å². The summed E-state index contributed by atoms with van der Waals surface area (Å²) in [6.07, 6.45) is -7.58. The van der Waals surface area contributed by atoms with Crippen molar-refractivity contribution in [3.63, 3.8) is 0 Å². The molecule has 7 rings (SSSR count). The van der Waals surface area contributed by atoms with Crippen LogP contribution in [0.2, 0.25) is 0 Å². The van der Waals surface area contributed by atoms with Crippen molar-refractivity contribution >= 4 is 29.8 Å². The van der Waals surface area contributed by atoms with Gasteiger partial charge in [-0.2, -0.15) is 0 Å². The molecule has 306 valence electrons. The lowest BCUT2D eigenvalue weighted by molar-refractivity contribution is -0.388. The first-order chi connectivity index (χ1) is 27.4. The number of rotatable bonds is 9. The zero-order valence-corrected chi connectivity index (χ0v) is 33.2. The van der Waals surface area contributed by atoms with Crippen LogP contribution in [0, 0.1) is 23.7 Å². The Morgan fingerprint density at radius 2 is 1.07 bits per heavy atom. The minimum absolute atomic E-state index is 0.00802. The van der Waals surface area contributed by atoms with E-state index in [0.29, 0.717) is 0 Å². The predicted octanol–water partition coefficient (Wildman–Crippen LogP) is 5.03. The predicted molar refractivity (Wildman–Crippen MR) is 205 cm³/mol. The van der Waals surface area contributed by atoms with Crippen LogP contribution in [0.3, 0.4) is 0 Å². The Bertz CT molecular complexity index is 2110. The molecule has 1 spiro atoms. The largest absolute Gasteiger partial charge is 0.459 e. The van der Waals surface area contributed by atoms with E-state index in [1.54, 1.807) is 80.6 Å². The topological polar surface area (TPSA) is 181 Å². The lowest BCUT2D eigenvalue weighted by Gasteiger charge is -2.62. The van der Waals surface area contributed by atoms with Crippen LogP contribution in [-0.4, -0.2) is 93.0 Å². The van der Waals surface area contributed by atoms with E-state index in [0.717, 1.165) is 6.92 Å². The summed E-state index contributed by atoms with van der Waals surface area (Å²) in [5, 5.41) is 27.1. The summed E-state index contributed by atoms with van der Waals surface area (Å²) in [6.45, 7) is 12.8. The minimum atomic E-state index is -2.42. The van der Waals surface area contributed by atoms with Gasteiger partial charge in [-0.25, -0.2) is 14.4 Å². The van der Waals surface area contributed by atoms with Gasteiger partial charge in [-0.3, -0.25) is 9.59 Å². The van der Waals surface area contributed by atoms with Crippen molar-refractivity contribution in [1.29, 1.82) is 0 Å². The first-order valence-corrected chi connectivity index (χ1v) is 19.4. The number of hydrogen-bond donors (Lipinski definition) is 2. The molecular formula is C45H48O13. The zero-order chi connectivity index (χ0) is 41.9. The summed E-state index contributed by atoms with van der Waals surface area (Å²) in [6, 6.07) is 24.2. The molecule has 3 saturated carbocycles. The first-order valence-electron chi connectivity index (χ1n) is 19.4. The second kappa shape index (κ2) is 14.8. The van der Waals surface area contributed by atoms with Gasteiger partial charge in [0.2, 0.25) is 0 Å². The van der Waals surface area contributed by atoms with Gasteiger partial charge in [0.05, 0.1) is 28.2 Å². The van der Waals surface area contributed by atoms with Crippen LogP contribution in [0.25, 0.3) is 0 Å². The molecule has 4 fully saturated rings. The third-order valence-electron chi connectivity index (χ3n) is 12.8. The highest BCUT2D eigenvalue weighted by molar-refractivity contribution is 5.91. The summed E-state index contributed by atoms with van der Waals surface area (Å²) in [7, 11) is 0. The van der Waals surface area contributed by atoms with Gasteiger partial charge in [-0.1, -0.05) is 75.0 Å². The van der Waals surface area contributed by atoms with Crippen molar-refractivity contribution in [2.45, 2.75) is 101 Å². The van der Waals surface area contributed by atoms with Crippen molar-refractivity contribution < 1.29 is 62.6 Å². The lowest BCUT2D eigenvalue weighted by Crippen LogP contribution is -2.80. The van der Waals surface area contributed by atoms with Crippen molar-refractivity contribution in [3.8, 4) is 0 Å². The Balaban J connectivity index is 1.50. The molecule has 1 aliphatic heterocycles. The monoisotopic (exact) mass is 796 g/mol. The molecule has 4 aliphatic rings. The highest BCUT2D eigenvalue weighted by Gasteiger charge is 2.88. The average Bonchev–Trinajstić information content (AvgIpc) is 3.43. The molecule has 13 unspecified atom stereocenters. The van der Waals surface area contributed by atoms with Gasteiger partial charge in [0.1, 0.15) is 30.0 Å². The molecule has 2 bridgehead atoms. The second-order valence-electron chi connectivity index (χ2n) is 16.3. The van der Waals surface area contributed by atoms with Gasteiger partial charge >= 0.3 is 29.8 Å². The van der Waals surface area contributed by atoms with E-state index in [4.69, 9.17) is 28.4 Å². The molecule has 58 heavy (non-hydrogen) atoms. The molecule has 3 aromatic rings. The van der Waals surface area contributed by atoms with Crippen LogP contribution >= 0.6 is 0 Å². The maximum atomic E-state index is 14.2. The van der Waals surface area contributed by atoms with Crippen LogP contribution < -0.4 is 0 Å². The van der Waals surface area contributed by atoms with Crippen LogP contribution in [0.1, 0.15) is 79.0 Å². The number of aliphatic hydroxyl groups is 2. The summed E-state index contributed by atoms with van der Waals surface area (Å²) in [5.74, 6) is -8.59. The molecule has 13 nitrogen and oxygen atoms in total. The fraction of sp³-hybridized carbons (Fsp3) is 0.444. The first kappa shape index (κ1) is 40.8. The fourth-order valence-corrected chi connectivity index (χ4v) is 10.4. The van der Waals surface area contributed by atoms with Gasteiger partial charge in [0.25, 0.3) is 0 Å². The number of hydrogen-bond acceptors (Lipinski definition) is 13. The summed E-state index contributed by atoms with van der Waals surface area (Å²) < 4.78 is 38.1.